The highest BCUT2D eigenvalue weighted by atomic mass is 16.7. The summed E-state index contributed by atoms with van der Waals surface area (Å²) in [7, 11) is 3.11. The van der Waals surface area contributed by atoms with Gasteiger partial charge in [0.25, 0.3) is 5.91 Å². The van der Waals surface area contributed by atoms with Crippen LogP contribution < -0.4 is 24.2 Å². The lowest BCUT2D eigenvalue weighted by molar-refractivity contribution is -0.126. The largest absolute Gasteiger partial charge is 0.493 e. The summed E-state index contributed by atoms with van der Waals surface area (Å²) in [5.41, 5.74) is 1.81. The molecule has 5 rings (SSSR count). The molecule has 0 radical (unpaired) electrons. The third-order valence-electron chi connectivity index (χ3n) is 6.28. The fourth-order valence-corrected chi connectivity index (χ4v) is 4.83. The first-order valence-corrected chi connectivity index (χ1v) is 11.4. The van der Waals surface area contributed by atoms with Crippen LogP contribution in [0, 0.1) is 5.92 Å². The first-order chi connectivity index (χ1) is 17.1. The van der Waals surface area contributed by atoms with Crippen molar-refractivity contribution in [3.63, 3.8) is 0 Å². The number of hydroxylamine groups is 1. The number of benzene rings is 3. The second-order valence-electron chi connectivity index (χ2n) is 8.15. The van der Waals surface area contributed by atoms with Gasteiger partial charge in [0.2, 0.25) is 5.91 Å². The summed E-state index contributed by atoms with van der Waals surface area (Å²) < 4.78 is 16.9. The van der Waals surface area contributed by atoms with Crippen molar-refractivity contribution in [3.8, 4) is 17.2 Å². The van der Waals surface area contributed by atoms with E-state index in [1.807, 2.05) is 49.4 Å². The van der Waals surface area contributed by atoms with Crippen LogP contribution in [0.1, 0.15) is 18.5 Å². The van der Waals surface area contributed by atoms with Crippen LogP contribution in [-0.4, -0.2) is 38.7 Å². The van der Waals surface area contributed by atoms with Gasteiger partial charge in [-0.1, -0.05) is 42.5 Å². The minimum absolute atomic E-state index is 0.361. The number of hydrogen-bond donors (Lipinski definition) is 0. The third-order valence-corrected chi connectivity index (χ3v) is 6.28. The van der Waals surface area contributed by atoms with Gasteiger partial charge < -0.3 is 14.2 Å². The van der Waals surface area contributed by atoms with Gasteiger partial charge in [-0.3, -0.25) is 14.4 Å². The van der Waals surface area contributed by atoms with E-state index in [9.17, 15) is 9.59 Å². The second-order valence-corrected chi connectivity index (χ2v) is 8.15. The van der Waals surface area contributed by atoms with Gasteiger partial charge in [-0.05, 0) is 37.3 Å². The van der Waals surface area contributed by atoms with E-state index >= 15 is 0 Å². The number of hydrogen-bond acceptors (Lipinski definition) is 7. The predicted octanol–water partition coefficient (Wildman–Crippen LogP) is 4.15. The van der Waals surface area contributed by atoms with Crippen LogP contribution in [-0.2, 0) is 14.4 Å². The normalized spacial score (nSPS) is 21.3. The van der Waals surface area contributed by atoms with Crippen molar-refractivity contribution in [2.45, 2.75) is 19.1 Å². The highest BCUT2D eigenvalue weighted by Gasteiger charge is 2.61. The molecule has 3 atom stereocenters. The van der Waals surface area contributed by atoms with Crippen molar-refractivity contribution in [3.05, 3.63) is 78.4 Å². The van der Waals surface area contributed by atoms with Gasteiger partial charge in [-0.2, -0.15) is 0 Å². The molecule has 2 saturated heterocycles. The number of ether oxygens (including phenoxy) is 3. The fourth-order valence-electron chi connectivity index (χ4n) is 4.83. The van der Waals surface area contributed by atoms with E-state index < -0.39 is 24.0 Å². The van der Waals surface area contributed by atoms with E-state index in [4.69, 9.17) is 19.0 Å². The van der Waals surface area contributed by atoms with Gasteiger partial charge in [0.1, 0.15) is 17.7 Å². The lowest BCUT2D eigenvalue weighted by atomic mass is 9.89. The first-order valence-electron chi connectivity index (χ1n) is 11.4. The van der Waals surface area contributed by atoms with Gasteiger partial charge in [0.15, 0.2) is 17.6 Å². The van der Waals surface area contributed by atoms with E-state index in [2.05, 4.69) is 0 Å². The fraction of sp³-hybridized carbons (Fsp3) is 0.259. The second kappa shape index (κ2) is 9.31. The average molecular weight is 475 g/mol. The van der Waals surface area contributed by atoms with Gasteiger partial charge >= 0.3 is 0 Å². The Morgan fingerprint density at radius 3 is 2.26 bits per heavy atom. The molecule has 8 heteroatoms. The van der Waals surface area contributed by atoms with E-state index in [1.54, 1.807) is 49.6 Å². The average Bonchev–Trinajstić information content (AvgIpc) is 3.40. The molecule has 8 nitrogen and oxygen atoms in total. The molecule has 2 aliphatic rings. The smallest absolute Gasteiger partial charge is 0.266 e. The van der Waals surface area contributed by atoms with Crippen LogP contribution >= 0.6 is 0 Å². The first kappa shape index (κ1) is 22.7. The molecular weight excluding hydrogens is 448 g/mol. The number of nitrogens with zero attached hydrogens (tertiary/aromatic N) is 2. The summed E-state index contributed by atoms with van der Waals surface area (Å²) in [5, 5.41) is 1.63. The molecule has 35 heavy (non-hydrogen) atoms. The van der Waals surface area contributed by atoms with Crippen molar-refractivity contribution in [1.29, 1.82) is 0 Å². The lowest BCUT2D eigenvalue weighted by Gasteiger charge is -2.30. The molecule has 3 aromatic rings. The zero-order valence-corrected chi connectivity index (χ0v) is 19.7. The molecule has 0 aromatic heterocycles. The lowest BCUT2D eigenvalue weighted by Crippen LogP contribution is -2.37. The molecule has 0 bridgehead atoms. The Hall–Kier alpha value is -4.04. The van der Waals surface area contributed by atoms with E-state index in [0.29, 0.717) is 35.1 Å². The van der Waals surface area contributed by atoms with Crippen LogP contribution in [0.2, 0.25) is 0 Å². The quantitative estimate of drug-likeness (QED) is 0.476. The van der Waals surface area contributed by atoms with Crippen molar-refractivity contribution in [2.75, 3.05) is 30.8 Å². The van der Waals surface area contributed by atoms with Crippen LogP contribution in [0.25, 0.3) is 0 Å². The summed E-state index contributed by atoms with van der Waals surface area (Å²) in [6.07, 6.45) is -1.00. The molecule has 0 N–H and O–H groups in total. The summed E-state index contributed by atoms with van der Waals surface area (Å²) in [6.45, 7) is 2.26. The molecule has 0 aliphatic carbocycles. The summed E-state index contributed by atoms with van der Waals surface area (Å²) >= 11 is 0. The topological polar surface area (TPSA) is 77.5 Å². The van der Waals surface area contributed by atoms with E-state index in [-0.39, 0.29) is 5.91 Å². The number of methoxy groups -OCH3 is 2. The zero-order chi connectivity index (χ0) is 24.5. The zero-order valence-electron chi connectivity index (χ0n) is 19.7. The predicted molar refractivity (Wildman–Crippen MR) is 130 cm³/mol. The Kier molecular flexibility index (Phi) is 6.05. The monoisotopic (exact) mass is 474 g/mol. The molecule has 2 aliphatic heterocycles. The Morgan fingerprint density at radius 1 is 0.829 bits per heavy atom. The van der Waals surface area contributed by atoms with Crippen LogP contribution in [0.3, 0.4) is 0 Å². The van der Waals surface area contributed by atoms with Crippen molar-refractivity contribution < 1.29 is 28.6 Å². The third kappa shape index (κ3) is 3.66. The molecule has 2 heterocycles. The number of carbonyl (C=O) groups is 2. The SMILES string of the molecule is CCOc1ccccc1N1C(=O)[C@H]2[C@@H](ON(c3ccccc3)[C@H]2c2cccc(OC)c2OC)C1=O. The molecule has 180 valence electrons. The number of para-hydroxylation sites is 4. The van der Waals surface area contributed by atoms with Gasteiger partial charge in [-0.25, -0.2) is 9.96 Å². The summed E-state index contributed by atoms with van der Waals surface area (Å²) in [6, 6.07) is 21.3. The molecule has 0 unspecified atom stereocenters. The molecule has 2 amide bonds. The Labute approximate surface area is 203 Å². The number of rotatable bonds is 7. The summed E-state index contributed by atoms with van der Waals surface area (Å²) in [4.78, 5) is 35.0. The van der Waals surface area contributed by atoms with E-state index in [1.165, 1.54) is 4.90 Å². The van der Waals surface area contributed by atoms with Crippen molar-refractivity contribution >= 4 is 23.2 Å². The maximum Gasteiger partial charge on any atom is 0.266 e. The van der Waals surface area contributed by atoms with Gasteiger partial charge in [0.05, 0.1) is 32.2 Å². The molecular formula is C27H26N2O6. The maximum absolute atomic E-state index is 13.9. The number of amides is 2. The summed E-state index contributed by atoms with van der Waals surface area (Å²) in [5.74, 6) is -0.126. The van der Waals surface area contributed by atoms with Crippen LogP contribution in [0.5, 0.6) is 17.2 Å². The number of carbonyl (C=O) groups excluding carboxylic acids is 2. The van der Waals surface area contributed by atoms with Crippen molar-refractivity contribution in [2.24, 2.45) is 5.92 Å². The van der Waals surface area contributed by atoms with Crippen LogP contribution in [0.15, 0.2) is 72.8 Å². The molecule has 3 aromatic carbocycles. The maximum atomic E-state index is 13.9. The van der Waals surface area contributed by atoms with Crippen molar-refractivity contribution in [1.82, 2.24) is 0 Å². The molecule has 2 fully saturated rings. The Balaban J connectivity index is 1.64. The minimum atomic E-state index is -1.00. The minimum Gasteiger partial charge on any atom is -0.493 e. The van der Waals surface area contributed by atoms with E-state index in [0.717, 1.165) is 5.69 Å². The molecule has 0 spiro atoms. The Bertz CT molecular complexity index is 1250. The van der Waals surface area contributed by atoms with Crippen LogP contribution in [0.4, 0.5) is 11.4 Å². The van der Waals surface area contributed by atoms with Gasteiger partial charge in [0, 0.05) is 5.56 Å². The molecule has 0 saturated carbocycles. The number of anilines is 2. The Morgan fingerprint density at radius 2 is 1.54 bits per heavy atom. The number of imide groups is 1. The highest BCUT2D eigenvalue weighted by Crippen LogP contribution is 2.51. The number of fused-ring (bicyclic) bond motifs is 1. The van der Waals surface area contributed by atoms with Gasteiger partial charge in [-0.15, -0.1) is 0 Å². The highest BCUT2D eigenvalue weighted by molar-refractivity contribution is 6.24. The standard InChI is InChI=1S/C27H26N2O6/c1-4-34-20-15-9-8-14-19(20)28-26(30)22-23(18-13-10-16-21(32-2)24(18)33-3)29(35-25(22)27(28)31)17-11-6-5-7-12-17/h5-16,22-23,25H,4H2,1-3H3/t22-,23+,25-/m1/s1.